The van der Waals surface area contributed by atoms with Gasteiger partial charge in [-0.1, -0.05) is 12.8 Å². The average Bonchev–Trinajstić information content (AvgIpc) is 2.54. The minimum absolute atomic E-state index is 0.231. The van der Waals surface area contributed by atoms with Crippen LogP contribution < -0.4 is 4.90 Å². The highest BCUT2D eigenvalue weighted by Crippen LogP contribution is 2.29. The maximum absolute atomic E-state index is 9.47. The molecule has 2 rings (SSSR count). The molecule has 0 spiro atoms. The van der Waals surface area contributed by atoms with Gasteiger partial charge in [0.2, 0.25) is 0 Å². The Morgan fingerprint density at radius 1 is 1.44 bits per heavy atom. The van der Waals surface area contributed by atoms with Crippen LogP contribution in [-0.4, -0.2) is 29.3 Å². The van der Waals surface area contributed by atoms with Crippen molar-refractivity contribution in [1.82, 2.24) is 4.98 Å². The Morgan fingerprint density at radius 3 is 3.06 bits per heavy atom. The Balaban J connectivity index is 2.25. The highest BCUT2D eigenvalue weighted by atomic mass is 79.9. The van der Waals surface area contributed by atoms with Crippen LogP contribution in [0.3, 0.4) is 0 Å². The van der Waals surface area contributed by atoms with Crippen LogP contribution >= 0.6 is 15.9 Å². The molecule has 1 unspecified atom stereocenters. The minimum Gasteiger partial charge on any atom is -0.394 e. The van der Waals surface area contributed by atoms with Crippen molar-refractivity contribution >= 4 is 21.6 Å². The van der Waals surface area contributed by atoms with E-state index in [0.717, 1.165) is 23.1 Å². The van der Waals surface area contributed by atoms with Crippen molar-refractivity contribution in [3.8, 4) is 0 Å². The zero-order valence-corrected chi connectivity index (χ0v) is 10.9. The molecular weight excluding hydrogens is 268 g/mol. The van der Waals surface area contributed by atoms with Gasteiger partial charge in [0.05, 0.1) is 22.8 Å². The second-order valence-electron chi connectivity index (χ2n) is 4.21. The van der Waals surface area contributed by atoms with Gasteiger partial charge < -0.3 is 10.0 Å². The average molecular weight is 285 g/mol. The van der Waals surface area contributed by atoms with Crippen LogP contribution in [0.2, 0.25) is 0 Å². The third-order valence-electron chi connectivity index (χ3n) is 3.15. The summed E-state index contributed by atoms with van der Waals surface area (Å²) < 4.78 is 1.01. The number of aromatic nitrogens is 1. The van der Waals surface area contributed by atoms with E-state index in [1.807, 2.05) is 12.3 Å². The molecule has 2 heterocycles. The zero-order valence-electron chi connectivity index (χ0n) is 9.27. The summed E-state index contributed by atoms with van der Waals surface area (Å²) in [4.78, 5) is 6.38. The summed E-state index contributed by atoms with van der Waals surface area (Å²) in [6.07, 6.45) is 8.37. The van der Waals surface area contributed by atoms with E-state index in [2.05, 4.69) is 25.8 Å². The molecule has 1 N–H and O–H groups in total. The summed E-state index contributed by atoms with van der Waals surface area (Å²) in [6, 6.07) is 2.26. The molecule has 3 nitrogen and oxygen atoms in total. The molecule has 0 aromatic carbocycles. The number of aliphatic hydroxyl groups is 1. The van der Waals surface area contributed by atoms with Crippen LogP contribution in [0.15, 0.2) is 22.9 Å². The fourth-order valence-corrected chi connectivity index (χ4v) is 2.76. The smallest absolute Gasteiger partial charge is 0.0635 e. The molecule has 0 aliphatic carbocycles. The molecule has 1 aliphatic heterocycles. The molecule has 1 aromatic rings. The molecule has 1 atom stereocenters. The lowest BCUT2D eigenvalue weighted by molar-refractivity contribution is 0.255. The first kappa shape index (κ1) is 11.9. The fourth-order valence-electron chi connectivity index (χ4n) is 2.29. The Hall–Kier alpha value is -0.610. The van der Waals surface area contributed by atoms with Crippen molar-refractivity contribution in [2.75, 3.05) is 18.1 Å². The predicted molar refractivity (Wildman–Crippen MR) is 68.6 cm³/mol. The van der Waals surface area contributed by atoms with Gasteiger partial charge in [-0.2, -0.15) is 0 Å². The molecular formula is C12H17BrN2O. The number of aliphatic hydroxyl groups excluding tert-OH is 1. The van der Waals surface area contributed by atoms with E-state index < -0.39 is 0 Å². The monoisotopic (exact) mass is 284 g/mol. The van der Waals surface area contributed by atoms with Crippen molar-refractivity contribution in [2.45, 2.75) is 31.7 Å². The topological polar surface area (TPSA) is 36.4 Å². The molecule has 1 aliphatic rings. The van der Waals surface area contributed by atoms with E-state index >= 15 is 0 Å². The van der Waals surface area contributed by atoms with Crippen LogP contribution in [0, 0.1) is 0 Å². The van der Waals surface area contributed by atoms with E-state index in [0.29, 0.717) is 0 Å². The molecule has 0 amide bonds. The van der Waals surface area contributed by atoms with Crippen LogP contribution in [0.5, 0.6) is 0 Å². The lowest BCUT2D eigenvalue weighted by Gasteiger charge is -2.31. The van der Waals surface area contributed by atoms with Crippen LogP contribution in [0.4, 0.5) is 5.69 Å². The van der Waals surface area contributed by atoms with Crippen LogP contribution in [0.25, 0.3) is 0 Å². The summed E-state index contributed by atoms with van der Waals surface area (Å²) in [5.41, 5.74) is 1.15. The van der Waals surface area contributed by atoms with E-state index in [1.54, 1.807) is 6.20 Å². The number of hydrogen-bond acceptors (Lipinski definition) is 3. The quantitative estimate of drug-likeness (QED) is 0.907. The third kappa shape index (κ3) is 2.55. The fraction of sp³-hybridized carbons (Fsp3) is 0.583. The SMILES string of the molecule is OCC1CCCCCN1c1ccncc1Br. The molecule has 0 bridgehead atoms. The molecule has 4 heteroatoms. The van der Waals surface area contributed by atoms with Gasteiger partial charge in [0.25, 0.3) is 0 Å². The van der Waals surface area contributed by atoms with Gasteiger partial charge in [-0.3, -0.25) is 4.98 Å². The third-order valence-corrected chi connectivity index (χ3v) is 3.76. The Labute approximate surface area is 105 Å². The number of hydrogen-bond donors (Lipinski definition) is 1. The normalized spacial score (nSPS) is 21.9. The Kier molecular flexibility index (Phi) is 4.18. The molecule has 1 fully saturated rings. The first-order valence-corrected chi connectivity index (χ1v) is 6.59. The van der Waals surface area contributed by atoms with Gasteiger partial charge in [0.1, 0.15) is 0 Å². The lowest BCUT2D eigenvalue weighted by atomic mass is 10.1. The van der Waals surface area contributed by atoms with Crippen molar-refractivity contribution in [2.24, 2.45) is 0 Å². The van der Waals surface area contributed by atoms with Gasteiger partial charge >= 0.3 is 0 Å². The number of anilines is 1. The largest absolute Gasteiger partial charge is 0.394 e. The van der Waals surface area contributed by atoms with E-state index in [1.165, 1.54) is 19.3 Å². The van der Waals surface area contributed by atoms with Gasteiger partial charge in [0.15, 0.2) is 0 Å². The van der Waals surface area contributed by atoms with Gasteiger partial charge in [-0.05, 0) is 34.8 Å². The predicted octanol–water partition coefficient (Wildman–Crippen LogP) is 2.59. The maximum Gasteiger partial charge on any atom is 0.0635 e. The summed E-state index contributed by atoms with van der Waals surface area (Å²) in [6.45, 7) is 1.25. The second kappa shape index (κ2) is 5.64. The van der Waals surface area contributed by atoms with Gasteiger partial charge in [-0.25, -0.2) is 0 Å². The van der Waals surface area contributed by atoms with Crippen molar-refractivity contribution in [1.29, 1.82) is 0 Å². The molecule has 0 radical (unpaired) electrons. The molecule has 88 valence electrons. The summed E-state index contributed by atoms with van der Waals surface area (Å²) in [5, 5.41) is 9.47. The summed E-state index contributed by atoms with van der Waals surface area (Å²) >= 11 is 3.53. The minimum atomic E-state index is 0.231. The van der Waals surface area contributed by atoms with Crippen LogP contribution in [-0.2, 0) is 0 Å². The van der Waals surface area contributed by atoms with E-state index in [4.69, 9.17) is 0 Å². The lowest BCUT2D eigenvalue weighted by Crippen LogP contribution is -2.37. The highest BCUT2D eigenvalue weighted by molar-refractivity contribution is 9.10. The van der Waals surface area contributed by atoms with Crippen molar-refractivity contribution < 1.29 is 5.11 Å². The zero-order chi connectivity index (χ0) is 11.4. The summed E-state index contributed by atoms with van der Waals surface area (Å²) in [5.74, 6) is 0. The first-order chi connectivity index (χ1) is 7.83. The Bertz CT molecular complexity index is 346. The van der Waals surface area contributed by atoms with Crippen molar-refractivity contribution in [3.05, 3.63) is 22.9 Å². The second-order valence-corrected chi connectivity index (χ2v) is 5.06. The number of rotatable bonds is 2. The number of pyridine rings is 1. The molecule has 16 heavy (non-hydrogen) atoms. The number of nitrogens with zero attached hydrogens (tertiary/aromatic N) is 2. The van der Waals surface area contributed by atoms with Crippen LogP contribution in [0.1, 0.15) is 25.7 Å². The standard InChI is InChI=1S/C12H17BrN2O/c13-11-8-14-6-5-12(11)15-7-3-1-2-4-10(15)9-16/h5-6,8,10,16H,1-4,7,9H2. The molecule has 1 aromatic heterocycles. The van der Waals surface area contributed by atoms with Gasteiger partial charge in [-0.15, -0.1) is 0 Å². The molecule has 1 saturated heterocycles. The Morgan fingerprint density at radius 2 is 2.31 bits per heavy atom. The van der Waals surface area contributed by atoms with Crippen molar-refractivity contribution in [3.63, 3.8) is 0 Å². The molecule has 0 saturated carbocycles. The summed E-state index contributed by atoms with van der Waals surface area (Å²) in [7, 11) is 0. The number of halogens is 1. The first-order valence-electron chi connectivity index (χ1n) is 5.80. The van der Waals surface area contributed by atoms with E-state index in [-0.39, 0.29) is 12.6 Å². The maximum atomic E-state index is 9.47. The highest BCUT2D eigenvalue weighted by Gasteiger charge is 2.21. The van der Waals surface area contributed by atoms with E-state index in [9.17, 15) is 5.11 Å². The van der Waals surface area contributed by atoms with Gasteiger partial charge in [0, 0.05) is 18.9 Å².